The zero-order chi connectivity index (χ0) is 12.1. The maximum absolute atomic E-state index is 5.86. The summed E-state index contributed by atoms with van der Waals surface area (Å²) in [6, 6.07) is 16.4. The van der Waals surface area contributed by atoms with Gasteiger partial charge < -0.3 is 0 Å². The minimum atomic E-state index is -0.373. The van der Waals surface area contributed by atoms with Gasteiger partial charge in [0.15, 0.2) is 0 Å². The van der Waals surface area contributed by atoms with Gasteiger partial charge in [-0.15, -0.1) is 0 Å². The predicted molar refractivity (Wildman–Crippen MR) is 76.1 cm³/mol. The summed E-state index contributed by atoms with van der Waals surface area (Å²) in [6.07, 6.45) is 0. The summed E-state index contributed by atoms with van der Waals surface area (Å²) in [6.45, 7) is 0. The van der Waals surface area contributed by atoms with Crippen LogP contribution in [0.25, 0.3) is 0 Å². The van der Waals surface area contributed by atoms with Gasteiger partial charge >= 0.3 is 123 Å². The van der Waals surface area contributed by atoms with Crippen molar-refractivity contribution in [1.82, 2.24) is 0 Å². The summed E-state index contributed by atoms with van der Waals surface area (Å²) in [4.78, 5) is 0. The molecule has 0 aliphatic rings. The second kappa shape index (κ2) is 6.67. The van der Waals surface area contributed by atoms with Gasteiger partial charge in [0, 0.05) is 0 Å². The Kier molecular flexibility index (Phi) is 5.20. The van der Waals surface area contributed by atoms with Gasteiger partial charge in [0.2, 0.25) is 0 Å². The van der Waals surface area contributed by atoms with Crippen molar-refractivity contribution in [2.45, 2.75) is 8.87 Å². The van der Waals surface area contributed by atoms with E-state index in [0.717, 1.165) is 10.0 Å². The fraction of sp³-hybridized carbons (Fsp3) is 0.143. The van der Waals surface area contributed by atoms with Gasteiger partial charge in [-0.25, -0.2) is 0 Å². The van der Waals surface area contributed by atoms with Crippen LogP contribution >= 0.6 is 23.2 Å². The number of hydrogen-bond acceptors (Lipinski definition) is 0. The van der Waals surface area contributed by atoms with E-state index in [1.165, 1.54) is 20.0 Å². The van der Waals surface area contributed by atoms with Gasteiger partial charge in [-0.3, -0.25) is 0 Å². The summed E-state index contributed by atoms with van der Waals surface area (Å²) >= 11 is 11.3. The second-order valence-corrected chi connectivity index (χ2v) is 8.17. The molecule has 0 aliphatic carbocycles. The van der Waals surface area contributed by atoms with E-state index >= 15 is 0 Å². The van der Waals surface area contributed by atoms with Gasteiger partial charge in [0.25, 0.3) is 0 Å². The molecule has 0 amide bonds. The second-order valence-electron chi connectivity index (χ2n) is 3.86. The van der Waals surface area contributed by atoms with Gasteiger partial charge in [-0.2, -0.15) is 0 Å². The molecule has 86 valence electrons. The molecule has 0 aliphatic heterocycles. The van der Waals surface area contributed by atoms with Crippen LogP contribution in [0.3, 0.4) is 0 Å². The zero-order valence-electron chi connectivity index (χ0n) is 9.29. The van der Waals surface area contributed by atoms with Crippen molar-refractivity contribution in [3.63, 3.8) is 0 Å². The van der Waals surface area contributed by atoms with E-state index in [-0.39, 0.29) is 21.1 Å². The molecule has 0 aromatic heterocycles. The Hall–Kier alpha value is -0.181. The SMILES string of the molecule is Clc1ccc([CH2][Sn][CH2]c2ccc(Cl)cc2)cc1. The van der Waals surface area contributed by atoms with E-state index in [1.807, 2.05) is 24.3 Å². The number of halogens is 2. The van der Waals surface area contributed by atoms with Crippen molar-refractivity contribution >= 4 is 44.3 Å². The minimum absolute atomic E-state index is 0.373. The first-order valence-electron chi connectivity index (χ1n) is 5.43. The van der Waals surface area contributed by atoms with Crippen molar-refractivity contribution in [2.75, 3.05) is 0 Å². The van der Waals surface area contributed by atoms with Crippen LogP contribution in [-0.4, -0.2) is 21.1 Å². The van der Waals surface area contributed by atoms with E-state index in [2.05, 4.69) is 24.3 Å². The fourth-order valence-corrected chi connectivity index (χ4v) is 5.16. The molecule has 0 saturated carbocycles. The third-order valence-corrected chi connectivity index (χ3v) is 6.75. The van der Waals surface area contributed by atoms with Crippen molar-refractivity contribution < 1.29 is 0 Å². The normalized spacial score (nSPS) is 10.5. The summed E-state index contributed by atoms with van der Waals surface area (Å²) in [5, 5.41) is 1.63. The molecule has 0 saturated heterocycles. The van der Waals surface area contributed by atoms with Crippen molar-refractivity contribution in [3.8, 4) is 0 Å². The Morgan fingerprint density at radius 2 is 1.00 bits per heavy atom. The Balaban J connectivity index is 1.83. The topological polar surface area (TPSA) is 0 Å². The van der Waals surface area contributed by atoms with E-state index < -0.39 is 0 Å². The molecule has 3 heteroatoms. The van der Waals surface area contributed by atoms with Crippen molar-refractivity contribution in [2.24, 2.45) is 0 Å². The van der Waals surface area contributed by atoms with Crippen LogP contribution in [0.2, 0.25) is 10.0 Å². The van der Waals surface area contributed by atoms with Crippen LogP contribution in [0.1, 0.15) is 11.1 Å². The Morgan fingerprint density at radius 3 is 1.35 bits per heavy atom. The van der Waals surface area contributed by atoms with E-state index in [9.17, 15) is 0 Å². The molecule has 0 atom stereocenters. The van der Waals surface area contributed by atoms with Gasteiger partial charge in [-0.05, 0) is 0 Å². The van der Waals surface area contributed by atoms with Crippen LogP contribution in [0.4, 0.5) is 0 Å². The number of hydrogen-bond donors (Lipinski definition) is 0. The molecule has 0 spiro atoms. The molecule has 0 fully saturated rings. The number of rotatable bonds is 4. The average Bonchev–Trinajstić information content (AvgIpc) is 2.34. The molecule has 0 unspecified atom stereocenters. The van der Waals surface area contributed by atoms with Gasteiger partial charge in [-0.1, -0.05) is 0 Å². The Bertz CT molecular complexity index is 417. The summed E-state index contributed by atoms with van der Waals surface area (Å²) in [5.74, 6) is 0. The van der Waals surface area contributed by atoms with Crippen LogP contribution in [0.15, 0.2) is 48.5 Å². The Morgan fingerprint density at radius 1 is 0.647 bits per heavy atom. The molecule has 2 aromatic rings. The fourth-order valence-electron chi connectivity index (χ4n) is 1.56. The van der Waals surface area contributed by atoms with Crippen LogP contribution in [-0.2, 0) is 8.87 Å². The van der Waals surface area contributed by atoms with E-state index in [0.29, 0.717) is 0 Å². The molecule has 2 rings (SSSR count). The molecule has 2 radical (unpaired) electrons. The first-order chi connectivity index (χ1) is 8.24. The average molecular weight is 370 g/mol. The standard InChI is InChI=1S/2C7H6Cl.Sn/c2*1-6-2-4-7(8)5-3-6;/h2*2-5H,1H2;. The summed E-state index contributed by atoms with van der Waals surface area (Å²) in [5.41, 5.74) is 2.82. The molecular weight excluding hydrogens is 358 g/mol. The van der Waals surface area contributed by atoms with E-state index in [4.69, 9.17) is 23.2 Å². The van der Waals surface area contributed by atoms with Gasteiger partial charge in [0.05, 0.1) is 0 Å². The molecule has 0 nitrogen and oxygen atoms in total. The van der Waals surface area contributed by atoms with Crippen LogP contribution in [0, 0.1) is 0 Å². The summed E-state index contributed by atoms with van der Waals surface area (Å²) in [7, 11) is 0. The first kappa shape index (κ1) is 13.3. The molecular formula is C14H12Cl2Sn. The Labute approximate surface area is 122 Å². The molecule has 2 aromatic carbocycles. The first-order valence-corrected chi connectivity index (χ1v) is 10.2. The molecule has 0 heterocycles. The quantitative estimate of drug-likeness (QED) is 0.701. The predicted octanol–water partition coefficient (Wildman–Crippen LogP) is 4.40. The van der Waals surface area contributed by atoms with Crippen molar-refractivity contribution in [1.29, 1.82) is 0 Å². The monoisotopic (exact) mass is 370 g/mol. The third kappa shape index (κ3) is 4.53. The molecule has 0 N–H and O–H groups in total. The van der Waals surface area contributed by atoms with Crippen LogP contribution in [0.5, 0.6) is 0 Å². The zero-order valence-corrected chi connectivity index (χ0v) is 13.7. The molecule has 17 heavy (non-hydrogen) atoms. The summed E-state index contributed by atoms with van der Waals surface area (Å²) < 4.78 is 2.51. The molecule has 0 bridgehead atoms. The van der Waals surface area contributed by atoms with Crippen LogP contribution < -0.4 is 0 Å². The third-order valence-electron chi connectivity index (χ3n) is 2.48. The van der Waals surface area contributed by atoms with Crippen molar-refractivity contribution in [3.05, 3.63) is 69.7 Å². The van der Waals surface area contributed by atoms with E-state index in [1.54, 1.807) is 0 Å². The van der Waals surface area contributed by atoms with Gasteiger partial charge in [0.1, 0.15) is 0 Å². The maximum atomic E-state index is 5.86. The number of benzene rings is 2.